The van der Waals surface area contributed by atoms with Crippen LogP contribution in [0.2, 0.25) is 0 Å². The third-order valence-electron chi connectivity index (χ3n) is 7.85. The van der Waals surface area contributed by atoms with Crippen molar-refractivity contribution in [2.75, 3.05) is 37.6 Å². The quantitative estimate of drug-likeness (QED) is 0.275. The van der Waals surface area contributed by atoms with Crippen molar-refractivity contribution < 1.29 is 14.3 Å². The van der Waals surface area contributed by atoms with Gasteiger partial charge in [-0.15, -0.1) is 0 Å². The van der Waals surface area contributed by atoms with E-state index in [1.54, 1.807) is 6.92 Å². The molecule has 0 unspecified atom stereocenters. The number of nitrogens with zero attached hydrogens (tertiary/aromatic N) is 3. The van der Waals surface area contributed by atoms with E-state index in [1.807, 2.05) is 30.3 Å². The average molecular weight is 521 g/mol. The van der Waals surface area contributed by atoms with Gasteiger partial charge in [0.1, 0.15) is 5.82 Å². The molecule has 2 heterocycles. The summed E-state index contributed by atoms with van der Waals surface area (Å²) < 4.78 is 4.96. The van der Waals surface area contributed by atoms with Crippen LogP contribution in [0.1, 0.15) is 62.2 Å². The van der Waals surface area contributed by atoms with Gasteiger partial charge in [-0.05, 0) is 81.8 Å². The number of fused-ring (bicyclic) bond motifs is 1. The van der Waals surface area contributed by atoms with Gasteiger partial charge in [-0.3, -0.25) is 4.79 Å². The van der Waals surface area contributed by atoms with E-state index >= 15 is 0 Å². The lowest BCUT2D eigenvalue weighted by Gasteiger charge is -2.33. The Labute approximate surface area is 224 Å². The summed E-state index contributed by atoms with van der Waals surface area (Å²) in [6, 6.07) is 9.80. The fourth-order valence-electron chi connectivity index (χ4n) is 5.60. The summed E-state index contributed by atoms with van der Waals surface area (Å²) in [4.78, 5) is 32.2. The number of carbonyl (C=O) groups excluding carboxylic acids is 2. The highest BCUT2D eigenvalue weighted by molar-refractivity contribution is 6.07. The summed E-state index contributed by atoms with van der Waals surface area (Å²) >= 11 is 0. The number of piperidine rings is 1. The van der Waals surface area contributed by atoms with Gasteiger partial charge in [0.2, 0.25) is 0 Å². The van der Waals surface area contributed by atoms with E-state index in [-0.39, 0.29) is 5.91 Å². The molecule has 2 aromatic rings. The molecule has 1 aromatic heterocycles. The number of ether oxygens (including phenoxy) is 1. The number of para-hydroxylation sites is 1. The predicted molar refractivity (Wildman–Crippen MR) is 148 cm³/mol. The molecule has 0 radical (unpaired) electrons. The van der Waals surface area contributed by atoms with Gasteiger partial charge < -0.3 is 20.3 Å². The minimum absolute atomic E-state index is 0.0527. The van der Waals surface area contributed by atoms with Crippen LogP contribution in [0.5, 0.6) is 0 Å². The fraction of sp³-hybridized carbons (Fsp3) is 0.552. The minimum Gasteiger partial charge on any atom is -0.416 e. The molecule has 4 rings (SSSR count). The number of amides is 2. The summed E-state index contributed by atoms with van der Waals surface area (Å²) in [5.41, 5.74) is 8.55. The van der Waals surface area contributed by atoms with Crippen LogP contribution in [0.15, 0.2) is 47.8 Å². The van der Waals surface area contributed by atoms with Crippen LogP contribution in [0.4, 0.5) is 10.6 Å². The second-order valence-corrected chi connectivity index (χ2v) is 10.7. The van der Waals surface area contributed by atoms with Crippen molar-refractivity contribution in [1.29, 1.82) is 5.53 Å². The first-order valence-corrected chi connectivity index (χ1v) is 13.8. The summed E-state index contributed by atoms with van der Waals surface area (Å²) in [5.74, 6) is 2.64. The molecule has 1 saturated carbocycles. The number of aromatic nitrogens is 1. The number of pyridine rings is 1. The molecule has 2 aliphatic rings. The van der Waals surface area contributed by atoms with Gasteiger partial charge in [-0.1, -0.05) is 24.8 Å². The standard InChI is InChI=1S/C29H40N6O3/c1-20(2)38-29(37)32-19-23-9-7-22(8-10-23)18-31-28(36)25-17-27(34-26-6-4-3-5-24(25)26)35-15-12-21(13-16-35)11-14-33-30/h3-6,17,21-23,30H,1,7-16,18-19H2,2H3,(H,31,36)(H,32,37). The van der Waals surface area contributed by atoms with Gasteiger partial charge in [-0.25, -0.2) is 15.3 Å². The van der Waals surface area contributed by atoms with Gasteiger partial charge in [0, 0.05) is 31.6 Å². The highest BCUT2D eigenvalue weighted by atomic mass is 16.6. The maximum absolute atomic E-state index is 13.4. The predicted octanol–water partition coefficient (Wildman–Crippen LogP) is 5.67. The zero-order valence-corrected chi connectivity index (χ0v) is 22.4. The first-order valence-electron chi connectivity index (χ1n) is 13.8. The Bertz CT molecular complexity index is 1140. The van der Waals surface area contributed by atoms with E-state index in [0.717, 1.165) is 74.8 Å². The van der Waals surface area contributed by atoms with Gasteiger partial charge in [0.25, 0.3) is 5.91 Å². The zero-order valence-electron chi connectivity index (χ0n) is 22.4. The highest BCUT2D eigenvalue weighted by Gasteiger charge is 2.24. The Kier molecular flexibility index (Phi) is 9.67. The molecular weight excluding hydrogens is 480 g/mol. The van der Waals surface area contributed by atoms with Crippen LogP contribution in [0, 0.1) is 23.3 Å². The van der Waals surface area contributed by atoms with Crippen molar-refractivity contribution in [1.82, 2.24) is 15.6 Å². The number of benzene rings is 1. The molecule has 2 amide bonds. The number of hydrogen-bond acceptors (Lipinski definition) is 7. The molecule has 1 aliphatic heterocycles. The van der Waals surface area contributed by atoms with Gasteiger partial charge in [0.05, 0.1) is 23.4 Å². The monoisotopic (exact) mass is 520 g/mol. The first-order chi connectivity index (χ1) is 18.4. The lowest BCUT2D eigenvalue weighted by Crippen LogP contribution is -2.35. The van der Waals surface area contributed by atoms with Gasteiger partial charge in [-0.2, -0.15) is 5.11 Å². The normalized spacial score (nSPS) is 20.1. The maximum Gasteiger partial charge on any atom is 0.412 e. The lowest BCUT2D eigenvalue weighted by molar-refractivity contribution is 0.0942. The van der Waals surface area contributed by atoms with Crippen LogP contribution in [-0.4, -0.2) is 49.7 Å². The zero-order chi connectivity index (χ0) is 26.9. The summed E-state index contributed by atoms with van der Waals surface area (Å²) in [7, 11) is 0. The molecule has 0 spiro atoms. The Morgan fingerprint density at radius 1 is 1.05 bits per heavy atom. The van der Waals surface area contributed by atoms with Crippen molar-refractivity contribution in [3.8, 4) is 0 Å². The molecule has 204 valence electrons. The topological polar surface area (TPSA) is 120 Å². The van der Waals surface area contributed by atoms with Crippen molar-refractivity contribution in [2.24, 2.45) is 22.9 Å². The Balaban J connectivity index is 1.32. The number of nitrogens with one attached hydrogen (secondary N) is 3. The van der Waals surface area contributed by atoms with Crippen LogP contribution >= 0.6 is 0 Å². The molecule has 3 N–H and O–H groups in total. The van der Waals surface area contributed by atoms with E-state index in [0.29, 0.717) is 48.7 Å². The summed E-state index contributed by atoms with van der Waals surface area (Å²) in [5, 5.41) is 10.4. The Morgan fingerprint density at radius 3 is 2.37 bits per heavy atom. The van der Waals surface area contributed by atoms with Crippen LogP contribution in [0.25, 0.3) is 10.9 Å². The van der Waals surface area contributed by atoms with E-state index in [1.165, 1.54) is 0 Å². The molecule has 9 heteroatoms. The Hall–Kier alpha value is -3.49. The molecule has 2 fully saturated rings. The molecule has 1 aliphatic carbocycles. The molecule has 9 nitrogen and oxygen atoms in total. The third-order valence-corrected chi connectivity index (χ3v) is 7.85. The van der Waals surface area contributed by atoms with Crippen LogP contribution < -0.4 is 15.5 Å². The molecule has 38 heavy (non-hydrogen) atoms. The van der Waals surface area contributed by atoms with Crippen LogP contribution in [0.3, 0.4) is 0 Å². The molecule has 0 atom stereocenters. The largest absolute Gasteiger partial charge is 0.416 e. The molecular formula is C29H40N6O3. The number of rotatable bonds is 10. The van der Waals surface area contributed by atoms with E-state index in [2.05, 4.69) is 27.2 Å². The van der Waals surface area contributed by atoms with Gasteiger partial charge >= 0.3 is 6.09 Å². The number of anilines is 1. The fourth-order valence-corrected chi connectivity index (χ4v) is 5.60. The average Bonchev–Trinajstić information content (AvgIpc) is 2.93. The second-order valence-electron chi connectivity index (χ2n) is 10.7. The smallest absolute Gasteiger partial charge is 0.412 e. The number of carbonyl (C=O) groups is 2. The van der Waals surface area contributed by atoms with E-state index in [9.17, 15) is 9.59 Å². The van der Waals surface area contributed by atoms with E-state index < -0.39 is 6.09 Å². The Morgan fingerprint density at radius 2 is 1.71 bits per heavy atom. The van der Waals surface area contributed by atoms with Gasteiger partial charge in [0.15, 0.2) is 0 Å². The van der Waals surface area contributed by atoms with Crippen molar-refractivity contribution in [2.45, 2.75) is 51.9 Å². The number of allylic oxidation sites excluding steroid dienone is 1. The van der Waals surface area contributed by atoms with Crippen molar-refractivity contribution in [3.63, 3.8) is 0 Å². The third kappa shape index (κ3) is 7.52. The highest BCUT2D eigenvalue weighted by Crippen LogP contribution is 2.30. The maximum atomic E-state index is 13.4. The van der Waals surface area contributed by atoms with Crippen molar-refractivity contribution in [3.05, 3.63) is 48.2 Å². The van der Waals surface area contributed by atoms with E-state index in [4.69, 9.17) is 15.3 Å². The second kappa shape index (κ2) is 13.3. The number of alkyl carbamates (subject to hydrolysis) is 1. The molecule has 0 bridgehead atoms. The molecule has 1 saturated heterocycles. The first kappa shape index (κ1) is 27.5. The minimum atomic E-state index is -0.444. The van der Waals surface area contributed by atoms with Crippen LogP contribution in [-0.2, 0) is 4.74 Å². The SMILES string of the molecule is C=C(C)OC(=O)NCC1CCC(CNC(=O)c2cc(N3CCC(CCN=N)CC3)nc3ccccc23)CC1. The number of hydrogen-bond donors (Lipinski definition) is 3. The summed E-state index contributed by atoms with van der Waals surface area (Å²) in [6.45, 7) is 8.89. The molecule has 1 aromatic carbocycles. The summed E-state index contributed by atoms with van der Waals surface area (Å²) in [6.07, 6.45) is 6.71. The lowest BCUT2D eigenvalue weighted by atomic mass is 9.82. The van der Waals surface area contributed by atoms with Crippen molar-refractivity contribution >= 4 is 28.7 Å².